The monoisotopic (exact) mass is 355 g/mol. The Bertz CT molecular complexity index is 728. The standard InChI is InChI=1S/C21H25NO2S/c1-4-7-13-22(6-3)19-15-17(21(23)24)14-16(5-2)20(19)25-18-11-9-8-10-12-18/h6,8-12,14-15H,3-5,7,13H2,1-2H3,(H,23,24). The number of carbonyl (C=O) groups is 1. The van der Waals surface area contributed by atoms with E-state index in [-0.39, 0.29) is 0 Å². The molecule has 4 heteroatoms. The molecule has 0 aliphatic carbocycles. The summed E-state index contributed by atoms with van der Waals surface area (Å²) in [6.45, 7) is 8.97. The first kappa shape index (κ1) is 19.1. The molecule has 0 bridgehead atoms. The van der Waals surface area contributed by atoms with Crippen LogP contribution in [0.3, 0.4) is 0 Å². The number of carboxylic acid groups (broad SMARTS) is 1. The summed E-state index contributed by atoms with van der Waals surface area (Å²) in [7, 11) is 0. The molecule has 0 heterocycles. The van der Waals surface area contributed by atoms with E-state index < -0.39 is 5.97 Å². The minimum Gasteiger partial charge on any atom is -0.478 e. The highest BCUT2D eigenvalue weighted by Gasteiger charge is 2.18. The highest BCUT2D eigenvalue weighted by Crippen LogP contribution is 2.39. The Morgan fingerprint density at radius 1 is 1.24 bits per heavy atom. The number of hydrogen-bond donors (Lipinski definition) is 1. The van der Waals surface area contributed by atoms with E-state index in [4.69, 9.17) is 0 Å². The van der Waals surface area contributed by atoms with Gasteiger partial charge in [-0.2, -0.15) is 0 Å². The predicted octanol–water partition coefficient (Wildman–Crippen LogP) is 5.85. The molecule has 0 atom stereocenters. The third kappa shape index (κ3) is 4.89. The number of hydrogen-bond acceptors (Lipinski definition) is 3. The fraction of sp³-hybridized carbons (Fsp3) is 0.286. The van der Waals surface area contributed by atoms with Crippen molar-refractivity contribution >= 4 is 23.4 Å². The normalized spacial score (nSPS) is 10.5. The minimum atomic E-state index is -0.897. The molecule has 0 saturated carbocycles. The van der Waals surface area contributed by atoms with Crippen molar-refractivity contribution in [3.8, 4) is 0 Å². The molecule has 0 amide bonds. The summed E-state index contributed by atoms with van der Waals surface area (Å²) in [6.07, 6.45) is 4.68. The first-order valence-corrected chi connectivity index (χ1v) is 9.44. The quantitative estimate of drug-likeness (QED) is 0.612. The number of rotatable bonds is 9. The van der Waals surface area contributed by atoms with Gasteiger partial charge in [-0.3, -0.25) is 0 Å². The molecule has 2 aromatic rings. The summed E-state index contributed by atoms with van der Waals surface area (Å²) >= 11 is 1.68. The van der Waals surface area contributed by atoms with Crippen molar-refractivity contribution in [1.29, 1.82) is 0 Å². The summed E-state index contributed by atoms with van der Waals surface area (Å²) in [5.74, 6) is -0.897. The summed E-state index contributed by atoms with van der Waals surface area (Å²) in [4.78, 5) is 15.9. The van der Waals surface area contributed by atoms with Crippen LogP contribution in [0.25, 0.3) is 0 Å². The average Bonchev–Trinajstić information content (AvgIpc) is 2.63. The molecule has 0 radical (unpaired) electrons. The van der Waals surface area contributed by atoms with Crippen LogP contribution in [0.15, 0.2) is 65.0 Å². The molecule has 132 valence electrons. The Kier molecular flexibility index (Phi) is 7.14. The van der Waals surface area contributed by atoms with Crippen LogP contribution in [0.1, 0.15) is 42.6 Å². The van der Waals surface area contributed by atoms with Crippen LogP contribution in [0.5, 0.6) is 0 Å². The molecule has 0 saturated heterocycles. The van der Waals surface area contributed by atoms with E-state index in [9.17, 15) is 9.90 Å². The topological polar surface area (TPSA) is 40.5 Å². The molecule has 0 unspecified atom stereocenters. The van der Waals surface area contributed by atoms with Crippen molar-refractivity contribution in [3.63, 3.8) is 0 Å². The van der Waals surface area contributed by atoms with Gasteiger partial charge in [0.1, 0.15) is 0 Å². The van der Waals surface area contributed by atoms with Crippen LogP contribution in [0.4, 0.5) is 5.69 Å². The second kappa shape index (κ2) is 9.33. The molecule has 0 aliphatic rings. The maximum atomic E-state index is 11.6. The number of unbranched alkanes of at least 4 members (excludes halogenated alkanes) is 1. The van der Waals surface area contributed by atoms with Gasteiger partial charge in [-0.25, -0.2) is 4.79 Å². The van der Waals surface area contributed by atoms with Crippen LogP contribution < -0.4 is 4.90 Å². The lowest BCUT2D eigenvalue weighted by Crippen LogP contribution is -2.19. The van der Waals surface area contributed by atoms with Crippen LogP contribution in [0, 0.1) is 0 Å². The zero-order valence-electron chi connectivity index (χ0n) is 14.9. The molecule has 3 nitrogen and oxygen atoms in total. The number of nitrogens with zero attached hydrogens (tertiary/aromatic N) is 1. The van der Waals surface area contributed by atoms with Gasteiger partial charge in [0.05, 0.1) is 11.3 Å². The largest absolute Gasteiger partial charge is 0.478 e. The fourth-order valence-electron chi connectivity index (χ4n) is 2.63. The number of benzene rings is 2. The maximum Gasteiger partial charge on any atom is 0.335 e. The van der Waals surface area contributed by atoms with Crippen LogP contribution in [0.2, 0.25) is 0 Å². The van der Waals surface area contributed by atoms with Crippen molar-refractivity contribution in [3.05, 3.63) is 66.4 Å². The molecule has 2 rings (SSSR count). The van der Waals surface area contributed by atoms with Gasteiger partial charge in [-0.1, -0.05) is 56.8 Å². The van der Waals surface area contributed by atoms with Crippen LogP contribution in [-0.4, -0.2) is 17.6 Å². The van der Waals surface area contributed by atoms with Gasteiger partial charge >= 0.3 is 5.97 Å². The Morgan fingerprint density at radius 2 is 1.96 bits per heavy atom. The van der Waals surface area contributed by atoms with Crippen LogP contribution >= 0.6 is 11.8 Å². The van der Waals surface area contributed by atoms with Gasteiger partial charge in [-0.05, 0) is 48.9 Å². The van der Waals surface area contributed by atoms with Gasteiger partial charge < -0.3 is 10.0 Å². The molecule has 2 aromatic carbocycles. The zero-order chi connectivity index (χ0) is 18.2. The third-order valence-corrected chi connectivity index (χ3v) is 5.20. The van der Waals surface area contributed by atoms with Gasteiger partial charge in [0.15, 0.2) is 0 Å². The van der Waals surface area contributed by atoms with E-state index in [1.54, 1.807) is 30.1 Å². The molecular formula is C21H25NO2S. The molecule has 1 N–H and O–H groups in total. The minimum absolute atomic E-state index is 0.326. The van der Waals surface area contributed by atoms with Crippen LogP contribution in [-0.2, 0) is 6.42 Å². The van der Waals surface area contributed by atoms with Gasteiger partial charge in [0, 0.05) is 16.3 Å². The number of anilines is 1. The highest BCUT2D eigenvalue weighted by atomic mass is 32.2. The lowest BCUT2D eigenvalue weighted by atomic mass is 10.1. The summed E-state index contributed by atoms with van der Waals surface area (Å²) in [5.41, 5.74) is 2.30. The third-order valence-electron chi connectivity index (χ3n) is 4.02. The summed E-state index contributed by atoms with van der Waals surface area (Å²) < 4.78 is 0. The SMILES string of the molecule is C=CN(CCCC)c1cc(C(=O)O)cc(CC)c1Sc1ccccc1. The highest BCUT2D eigenvalue weighted by molar-refractivity contribution is 7.99. The van der Waals surface area contributed by atoms with Crippen molar-refractivity contribution in [2.24, 2.45) is 0 Å². The smallest absolute Gasteiger partial charge is 0.335 e. The Morgan fingerprint density at radius 3 is 2.52 bits per heavy atom. The van der Waals surface area contributed by atoms with E-state index in [0.29, 0.717) is 5.56 Å². The van der Waals surface area contributed by atoms with Crippen molar-refractivity contribution in [2.75, 3.05) is 11.4 Å². The Hall–Kier alpha value is -2.20. The van der Waals surface area contributed by atoms with Gasteiger partial charge in [-0.15, -0.1) is 0 Å². The second-order valence-corrected chi connectivity index (χ2v) is 6.87. The van der Waals surface area contributed by atoms with Crippen molar-refractivity contribution in [2.45, 2.75) is 42.9 Å². The zero-order valence-corrected chi connectivity index (χ0v) is 15.7. The molecule has 0 aliphatic heterocycles. The summed E-state index contributed by atoms with van der Waals surface area (Å²) in [6, 6.07) is 13.7. The van der Waals surface area contributed by atoms with E-state index in [1.807, 2.05) is 18.2 Å². The van der Waals surface area contributed by atoms with Crippen molar-refractivity contribution in [1.82, 2.24) is 0 Å². The molecule has 0 spiro atoms. The fourth-order valence-corrected chi connectivity index (χ4v) is 3.78. The lowest BCUT2D eigenvalue weighted by Gasteiger charge is -2.25. The Balaban J connectivity index is 2.56. The van der Waals surface area contributed by atoms with E-state index in [0.717, 1.165) is 46.8 Å². The Labute approximate surface area is 154 Å². The molecule has 0 fully saturated rings. The number of aromatic carboxylic acids is 1. The van der Waals surface area contributed by atoms with Gasteiger partial charge in [0.2, 0.25) is 0 Å². The van der Waals surface area contributed by atoms with E-state index in [1.165, 1.54) is 0 Å². The first-order valence-electron chi connectivity index (χ1n) is 8.63. The van der Waals surface area contributed by atoms with Gasteiger partial charge in [0.25, 0.3) is 0 Å². The van der Waals surface area contributed by atoms with E-state index in [2.05, 4.69) is 37.5 Å². The average molecular weight is 356 g/mol. The molecular weight excluding hydrogens is 330 g/mol. The van der Waals surface area contributed by atoms with Crippen molar-refractivity contribution < 1.29 is 9.90 Å². The predicted molar refractivity (Wildman–Crippen MR) is 106 cm³/mol. The van der Waals surface area contributed by atoms with E-state index >= 15 is 0 Å². The number of carboxylic acids is 1. The molecule has 25 heavy (non-hydrogen) atoms. The number of aryl methyl sites for hydroxylation is 1. The second-order valence-electron chi connectivity index (χ2n) is 5.79. The first-order chi connectivity index (χ1) is 12.1. The lowest BCUT2D eigenvalue weighted by molar-refractivity contribution is 0.0696. The maximum absolute atomic E-state index is 11.6. The molecule has 0 aromatic heterocycles. The summed E-state index contributed by atoms with van der Waals surface area (Å²) in [5, 5.41) is 9.49.